The Labute approximate surface area is 131 Å². The van der Waals surface area contributed by atoms with Crippen molar-refractivity contribution in [2.24, 2.45) is 0 Å². The van der Waals surface area contributed by atoms with Crippen LogP contribution >= 0.6 is 0 Å². The largest absolute Gasteiger partial charge is 0.415 e. The molecule has 0 spiro atoms. The molecule has 1 amide bonds. The van der Waals surface area contributed by atoms with Crippen LogP contribution in [0.4, 0.5) is 4.79 Å². The van der Waals surface area contributed by atoms with Gasteiger partial charge in [-0.1, -0.05) is 30.3 Å². The molecule has 0 saturated heterocycles. The molecule has 0 bridgehead atoms. The number of pyridine rings is 1. The molecule has 116 valence electrons. The maximum atomic E-state index is 12.5. The number of benzene rings is 1. The maximum Gasteiger partial charge on any atom is 0.415 e. The van der Waals surface area contributed by atoms with Gasteiger partial charge in [0.1, 0.15) is 5.75 Å². The molecule has 22 heavy (non-hydrogen) atoms. The van der Waals surface area contributed by atoms with Crippen molar-refractivity contribution in [1.29, 1.82) is 0 Å². The molecule has 4 nitrogen and oxygen atoms in total. The van der Waals surface area contributed by atoms with Gasteiger partial charge in [0.25, 0.3) is 0 Å². The van der Waals surface area contributed by atoms with Crippen molar-refractivity contribution >= 4 is 6.09 Å². The average molecular weight is 298 g/mol. The molecule has 0 N–H and O–H groups in total. The number of ether oxygens (including phenoxy) is 1. The van der Waals surface area contributed by atoms with Crippen LogP contribution < -0.4 is 4.74 Å². The fraction of sp³-hybridized carbons (Fsp3) is 0.333. The third-order valence-corrected chi connectivity index (χ3v) is 3.35. The van der Waals surface area contributed by atoms with Crippen LogP contribution in [0.2, 0.25) is 0 Å². The molecule has 0 aliphatic carbocycles. The van der Waals surface area contributed by atoms with Crippen molar-refractivity contribution in [3.63, 3.8) is 0 Å². The topological polar surface area (TPSA) is 42.4 Å². The van der Waals surface area contributed by atoms with Crippen molar-refractivity contribution in [3.05, 3.63) is 60.4 Å². The van der Waals surface area contributed by atoms with Crippen LogP contribution in [0, 0.1) is 0 Å². The highest BCUT2D eigenvalue weighted by molar-refractivity contribution is 5.71. The third-order valence-electron chi connectivity index (χ3n) is 3.35. The first-order valence-electron chi connectivity index (χ1n) is 7.40. The summed E-state index contributed by atoms with van der Waals surface area (Å²) in [7, 11) is 0. The third kappa shape index (κ3) is 4.58. The van der Waals surface area contributed by atoms with Gasteiger partial charge in [-0.25, -0.2) is 4.79 Å². The summed E-state index contributed by atoms with van der Waals surface area (Å²) >= 11 is 0. The summed E-state index contributed by atoms with van der Waals surface area (Å²) in [6, 6.07) is 13.5. The lowest BCUT2D eigenvalue weighted by atomic mass is 10.1. The van der Waals surface area contributed by atoms with Gasteiger partial charge in [-0.05, 0) is 44.9 Å². The van der Waals surface area contributed by atoms with E-state index in [0.717, 1.165) is 6.42 Å². The molecule has 0 unspecified atom stereocenters. The summed E-state index contributed by atoms with van der Waals surface area (Å²) in [5.74, 6) is 0.508. The average Bonchev–Trinajstić information content (AvgIpc) is 2.48. The van der Waals surface area contributed by atoms with Crippen LogP contribution in [0.1, 0.15) is 26.3 Å². The van der Waals surface area contributed by atoms with Gasteiger partial charge in [-0.15, -0.1) is 0 Å². The van der Waals surface area contributed by atoms with Gasteiger partial charge in [-0.2, -0.15) is 0 Å². The Hall–Kier alpha value is -2.36. The van der Waals surface area contributed by atoms with Crippen LogP contribution in [0.15, 0.2) is 54.9 Å². The zero-order valence-electron chi connectivity index (χ0n) is 13.3. The Morgan fingerprint density at radius 3 is 2.32 bits per heavy atom. The molecule has 2 rings (SSSR count). The molecule has 4 heteroatoms. The quantitative estimate of drug-likeness (QED) is 0.859. The standard InChI is InChI=1S/C18H22N2O2/c1-18(2,3)20(14-11-15-7-5-4-6-8-15)17(21)22-16-9-12-19-13-10-16/h4-10,12-13H,11,14H2,1-3H3. The molecule has 2 aromatic rings. The molecule has 0 aliphatic heterocycles. The summed E-state index contributed by atoms with van der Waals surface area (Å²) in [6.07, 6.45) is 3.67. The van der Waals surface area contributed by atoms with Gasteiger partial charge in [0.2, 0.25) is 0 Å². The van der Waals surface area contributed by atoms with E-state index in [0.29, 0.717) is 12.3 Å². The SMILES string of the molecule is CC(C)(C)N(CCc1ccccc1)C(=O)Oc1ccncc1. The smallest absolute Gasteiger partial charge is 0.410 e. The zero-order valence-corrected chi connectivity index (χ0v) is 13.3. The molecule has 0 aliphatic rings. The molecule has 0 saturated carbocycles. The fourth-order valence-corrected chi connectivity index (χ4v) is 2.15. The zero-order chi connectivity index (χ0) is 16.0. The molecule has 1 aromatic carbocycles. The highest BCUT2D eigenvalue weighted by Crippen LogP contribution is 2.18. The van der Waals surface area contributed by atoms with E-state index in [1.165, 1.54) is 5.56 Å². The molecular weight excluding hydrogens is 276 g/mol. The summed E-state index contributed by atoms with van der Waals surface area (Å²) in [5.41, 5.74) is 0.896. The van der Waals surface area contributed by atoms with Crippen LogP contribution in [0.3, 0.4) is 0 Å². The summed E-state index contributed by atoms with van der Waals surface area (Å²) in [5, 5.41) is 0. The number of nitrogens with zero attached hydrogens (tertiary/aromatic N) is 2. The van der Waals surface area contributed by atoms with Gasteiger partial charge in [0.05, 0.1) is 0 Å². The fourth-order valence-electron chi connectivity index (χ4n) is 2.15. The van der Waals surface area contributed by atoms with Crippen molar-refractivity contribution in [3.8, 4) is 5.75 Å². The molecule has 0 fully saturated rings. The van der Waals surface area contributed by atoms with E-state index < -0.39 is 0 Å². The second-order valence-corrected chi connectivity index (χ2v) is 6.11. The van der Waals surface area contributed by atoms with Crippen LogP contribution in [0.5, 0.6) is 5.75 Å². The summed E-state index contributed by atoms with van der Waals surface area (Å²) < 4.78 is 5.44. The van der Waals surface area contributed by atoms with Gasteiger partial charge in [0, 0.05) is 24.5 Å². The second-order valence-electron chi connectivity index (χ2n) is 6.11. The first-order chi connectivity index (χ1) is 10.5. The van der Waals surface area contributed by atoms with E-state index in [-0.39, 0.29) is 11.6 Å². The summed E-state index contributed by atoms with van der Waals surface area (Å²) in [4.78, 5) is 18.1. The monoisotopic (exact) mass is 298 g/mol. The Morgan fingerprint density at radius 1 is 1.09 bits per heavy atom. The Balaban J connectivity index is 2.04. The predicted octanol–water partition coefficient (Wildman–Crippen LogP) is 3.92. The van der Waals surface area contributed by atoms with Gasteiger partial charge in [-0.3, -0.25) is 4.98 Å². The Morgan fingerprint density at radius 2 is 1.73 bits per heavy atom. The Kier molecular flexibility index (Phi) is 5.15. The van der Waals surface area contributed by atoms with Crippen LogP contribution in [-0.4, -0.2) is 28.1 Å². The van der Waals surface area contributed by atoms with E-state index in [2.05, 4.69) is 17.1 Å². The van der Waals surface area contributed by atoms with Crippen molar-refractivity contribution < 1.29 is 9.53 Å². The van der Waals surface area contributed by atoms with E-state index in [1.54, 1.807) is 29.4 Å². The van der Waals surface area contributed by atoms with Crippen molar-refractivity contribution in [1.82, 2.24) is 9.88 Å². The van der Waals surface area contributed by atoms with Crippen molar-refractivity contribution in [2.75, 3.05) is 6.54 Å². The van der Waals surface area contributed by atoms with Gasteiger partial charge >= 0.3 is 6.09 Å². The molecular formula is C18H22N2O2. The molecule has 0 atom stereocenters. The normalized spacial score (nSPS) is 11.0. The highest BCUT2D eigenvalue weighted by Gasteiger charge is 2.27. The minimum Gasteiger partial charge on any atom is -0.410 e. The molecule has 1 heterocycles. The second kappa shape index (κ2) is 7.07. The molecule has 0 radical (unpaired) electrons. The highest BCUT2D eigenvalue weighted by atomic mass is 16.6. The van der Waals surface area contributed by atoms with Gasteiger partial charge < -0.3 is 9.64 Å². The van der Waals surface area contributed by atoms with Crippen LogP contribution in [-0.2, 0) is 6.42 Å². The number of aromatic nitrogens is 1. The van der Waals surface area contributed by atoms with Crippen LogP contribution in [0.25, 0.3) is 0 Å². The number of carbonyl (C=O) groups is 1. The first-order valence-corrected chi connectivity index (χ1v) is 7.40. The lowest BCUT2D eigenvalue weighted by Crippen LogP contribution is -2.48. The van der Waals surface area contributed by atoms with E-state index >= 15 is 0 Å². The van der Waals surface area contributed by atoms with E-state index in [9.17, 15) is 4.79 Å². The number of amides is 1. The minimum atomic E-state index is -0.338. The van der Waals surface area contributed by atoms with Crippen molar-refractivity contribution in [2.45, 2.75) is 32.7 Å². The van der Waals surface area contributed by atoms with E-state index in [1.807, 2.05) is 39.0 Å². The predicted molar refractivity (Wildman–Crippen MR) is 86.9 cm³/mol. The summed E-state index contributed by atoms with van der Waals surface area (Å²) in [6.45, 7) is 6.63. The first kappa shape index (κ1) is 16.0. The number of hydrogen-bond donors (Lipinski definition) is 0. The minimum absolute atomic E-state index is 0.307. The molecule has 1 aromatic heterocycles. The number of carbonyl (C=O) groups excluding carboxylic acids is 1. The lowest BCUT2D eigenvalue weighted by Gasteiger charge is -2.34. The maximum absolute atomic E-state index is 12.5. The van der Waals surface area contributed by atoms with E-state index in [4.69, 9.17) is 4.74 Å². The number of hydrogen-bond acceptors (Lipinski definition) is 3. The number of rotatable bonds is 4. The van der Waals surface area contributed by atoms with Gasteiger partial charge in [0.15, 0.2) is 0 Å². The Bertz CT molecular complexity index is 591. The lowest BCUT2D eigenvalue weighted by molar-refractivity contribution is 0.107.